The van der Waals surface area contributed by atoms with Crippen LogP contribution in [0.15, 0.2) is 95.7 Å². The number of fused-ring (bicyclic) bond motifs is 1. The molecule has 0 radical (unpaired) electrons. The Balaban J connectivity index is 0.00000484. The van der Waals surface area contributed by atoms with Crippen LogP contribution in [0.2, 0.25) is 0 Å². The summed E-state index contributed by atoms with van der Waals surface area (Å²) in [7, 11) is -3.78. The molecule has 0 bridgehead atoms. The lowest BCUT2D eigenvalue weighted by atomic mass is 10.1. The first kappa shape index (κ1) is 33.0. The Morgan fingerprint density at radius 3 is 2.45 bits per heavy atom. The van der Waals surface area contributed by atoms with Crippen molar-refractivity contribution >= 4 is 60.1 Å². The molecule has 0 saturated carbocycles. The van der Waals surface area contributed by atoms with Gasteiger partial charge in [-0.3, -0.25) is 10.1 Å². The lowest BCUT2D eigenvalue weighted by molar-refractivity contribution is -0.697. The van der Waals surface area contributed by atoms with Crippen molar-refractivity contribution in [3.8, 4) is 0 Å². The Kier molecular flexibility index (Phi) is 12.3. The van der Waals surface area contributed by atoms with Crippen LogP contribution in [0.25, 0.3) is 10.8 Å². The average molecular weight is 676 g/mol. The summed E-state index contributed by atoms with van der Waals surface area (Å²) < 4.78 is 35.9. The first-order valence-electron chi connectivity index (χ1n) is 13.2. The Morgan fingerprint density at radius 2 is 1.69 bits per heavy atom. The van der Waals surface area contributed by atoms with E-state index in [-0.39, 0.29) is 43.8 Å². The number of rotatable bonds is 12. The molecule has 2 amide bonds. The molecule has 0 aliphatic rings. The molecule has 0 spiro atoms. The maximum atomic E-state index is 13.6. The van der Waals surface area contributed by atoms with E-state index in [9.17, 15) is 18.0 Å². The molecule has 222 valence electrons. The molecule has 4 aromatic rings. The van der Waals surface area contributed by atoms with Crippen LogP contribution in [0.1, 0.15) is 23.7 Å². The summed E-state index contributed by atoms with van der Waals surface area (Å²) in [5.41, 5.74) is 1.63. The highest BCUT2D eigenvalue weighted by Crippen LogP contribution is 2.23. The Morgan fingerprint density at radius 1 is 0.976 bits per heavy atom. The molecule has 0 fully saturated rings. The van der Waals surface area contributed by atoms with Crippen molar-refractivity contribution < 1.29 is 39.7 Å². The van der Waals surface area contributed by atoms with E-state index in [2.05, 4.69) is 26.0 Å². The number of pyridine rings is 1. The fraction of sp³-hybridized carbons (Fsp3) is 0.233. The van der Waals surface area contributed by atoms with E-state index in [1.807, 2.05) is 60.2 Å². The maximum Gasteiger partial charge on any atom is 0.411 e. The minimum absolute atomic E-state index is 0. The number of amides is 2. The van der Waals surface area contributed by atoms with Gasteiger partial charge in [0.1, 0.15) is 18.7 Å². The number of sulfonamides is 1. The standard InChI is InChI=1S/C30H31BrN4O5S.ClH/c1-2-16-34-21-24(20-25(31)22-34)29(36)35(26-11-4-3-5-12-26)17-19-41(38,39)32-15-18-40-30(37)33-28-14-8-10-23-9-6-7-13-27(23)28;/h3-14,20-22,32H,2,15-19H2,1H3;1H. The number of carbonyl (C=O) groups excluding carboxylic acids is 2. The van der Waals surface area contributed by atoms with E-state index in [0.29, 0.717) is 16.9 Å². The fourth-order valence-corrected chi connectivity index (χ4v) is 5.79. The van der Waals surface area contributed by atoms with E-state index in [1.165, 1.54) is 4.90 Å². The summed E-state index contributed by atoms with van der Waals surface area (Å²) in [4.78, 5) is 27.3. The van der Waals surface area contributed by atoms with E-state index in [4.69, 9.17) is 4.74 Å². The topological polar surface area (TPSA) is 109 Å². The molecule has 0 unspecified atom stereocenters. The predicted octanol–water partition coefficient (Wildman–Crippen LogP) is 2.12. The summed E-state index contributed by atoms with van der Waals surface area (Å²) in [6, 6.07) is 23.8. The number of carbonyl (C=O) groups is 2. The van der Waals surface area contributed by atoms with Gasteiger partial charge in [-0.2, -0.15) is 0 Å². The Bertz CT molecular complexity index is 1620. The zero-order chi connectivity index (χ0) is 29.2. The third-order valence-corrected chi connectivity index (χ3v) is 7.99. The second-order valence-corrected chi connectivity index (χ2v) is 12.1. The van der Waals surface area contributed by atoms with Crippen molar-refractivity contribution in [3.05, 3.63) is 101 Å². The number of aromatic nitrogens is 1. The van der Waals surface area contributed by atoms with Crippen molar-refractivity contribution in [1.29, 1.82) is 0 Å². The second kappa shape index (κ2) is 15.6. The molecule has 0 saturated heterocycles. The summed E-state index contributed by atoms with van der Waals surface area (Å²) >= 11 is 3.46. The minimum Gasteiger partial charge on any atom is -1.00 e. The summed E-state index contributed by atoms with van der Waals surface area (Å²) in [5, 5.41) is 4.54. The van der Waals surface area contributed by atoms with Crippen LogP contribution in [-0.2, 0) is 21.3 Å². The molecule has 0 atom stereocenters. The van der Waals surface area contributed by atoms with Gasteiger partial charge in [-0.1, -0.05) is 61.5 Å². The molecule has 3 aromatic carbocycles. The van der Waals surface area contributed by atoms with Gasteiger partial charge in [0.05, 0.1) is 15.9 Å². The maximum absolute atomic E-state index is 13.6. The number of hydrogen-bond acceptors (Lipinski definition) is 5. The van der Waals surface area contributed by atoms with Crippen LogP contribution in [0.5, 0.6) is 0 Å². The van der Waals surface area contributed by atoms with E-state index in [0.717, 1.165) is 28.2 Å². The smallest absolute Gasteiger partial charge is 0.411 e. The monoisotopic (exact) mass is 674 g/mol. The molecule has 0 aliphatic carbocycles. The first-order valence-corrected chi connectivity index (χ1v) is 15.7. The zero-order valence-corrected chi connectivity index (χ0v) is 26.2. The summed E-state index contributed by atoms with van der Waals surface area (Å²) in [6.07, 6.45) is 3.87. The number of aryl methyl sites for hydroxylation is 1. The second-order valence-electron chi connectivity index (χ2n) is 9.27. The third kappa shape index (κ3) is 9.25. The number of benzene rings is 3. The van der Waals surface area contributed by atoms with Gasteiger partial charge in [-0.15, -0.1) is 0 Å². The molecule has 4 rings (SSSR count). The fourth-order valence-electron chi connectivity index (χ4n) is 4.32. The van der Waals surface area contributed by atoms with Gasteiger partial charge < -0.3 is 22.0 Å². The summed E-state index contributed by atoms with van der Waals surface area (Å²) in [6.45, 7) is 2.46. The van der Waals surface area contributed by atoms with Gasteiger partial charge in [-0.25, -0.2) is 22.5 Å². The molecule has 0 aliphatic heterocycles. The number of para-hydroxylation sites is 1. The van der Waals surface area contributed by atoms with Gasteiger partial charge in [0.2, 0.25) is 10.0 Å². The van der Waals surface area contributed by atoms with Crippen LogP contribution in [-0.4, -0.2) is 45.9 Å². The zero-order valence-electron chi connectivity index (χ0n) is 23.0. The van der Waals surface area contributed by atoms with Gasteiger partial charge in [-0.05, 0) is 45.6 Å². The van der Waals surface area contributed by atoms with Crippen molar-refractivity contribution in [2.24, 2.45) is 0 Å². The van der Waals surface area contributed by atoms with Crippen LogP contribution < -0.4 is 31.9 Å². The van der Waals surface area contributed by atoms with Crippen LogP contribution in [0, 0.1) is 0 Å². The largest absolute Gasteiger partial charge is 1.00 e. The van der Waals surface area contributed by atoms with Crippen molar-refractivity contribution in [3.63, 3.8) is 0 Å². The summed E-state index contributed by atoms with van der Waals surface area (Å²) in [5.74, 6) is -0.648. The number of ether oxygens (including phenoxy) is 1. The number of halogens is 2. The number of hydrogen-bond donors (Lipinski definition) is 2. The Hall–Kier alpha value is -3.51. The lowest BCUT2D eigenvalue weighted by Gasteiger charge is -2.22. The molecule has 12 heteroatoms. The molecule has 1 heterocycles. The number of nitrogens with one attached hydrogen (secondary N) is 2. The highest BCUT2D eigenvalue weighted by Gasteiger charge is 2.23. The van der Waals surface area contributed by atoms with Gasteiger partial charge in [0, 0.05) is 30.6 Å². The molecule has 2 N–H and O–H groups in total. The molecular weight excluding hydrogens is 644 g/mol. The third-order valence-electron chi connectivity index (χ3n) is 6.20. The molecule has 9 nitrogen and oxygen atoms in total. The average Bonchev–Trinajstić information content (AvgIpc) is 2.96. The van der Waals surface area contributed by atoms with Crippen LogP contribution in [0.4, 0.5) is 16.2 Å². The van der Waals surface area contributed by atoms with E-state index >= 15 is 0 Å². The highest BCUT2D eigenvalue weighted by molar-refractivity contribution is 9.10. The van der Waals surface area contributed by atoms with Crippen molar-refractivity contribution in [2.45, 2.75) is 19.9 Å². The quantitative estimate of drug-likeness (QED) is 0.177. The first-order chi connectivity index (χ1) is 19.8. The predicted molar refractivity (Wildman–Crippen MR) is 163 cm³/mol. The molecule has 42 heavy (non-hydrogen) atoms. The van der Waals surface area contributed by atoms with Crippen molar-refractivity contribution in [1.82, 2.24) is 4.72 Å². The highest BCUT2D eigenvalue weighted by atomic mass is 79.9. The SMILES string of the molecule is CCC[n+]1cc(Br)cc(C(=O)N(CCS(=O)(=O)NCCOC(=O)Nc2cccc3ccccc23)c2ccccc2)c1.[Cl-]. The molecular formula is C30H32BrClN4O5S. The van der Waals surface area contributed by atoms with Crippen LogP contribution >= 0.6 is 15.9 Å². The van der Waals surface area contributed by atoms with Crippen LogP contribution in [0.3, 0.4) is 0 Å². The van der Waals surface area contributed by atoms with Gasteiger partial charge in [0.15, 0.2) is 12.4 Å². The Labute approximate surface area is 260 Å². The number of nitrogens with zero attached hydrogens (tertiary/aromatic N) is 2. The number of anilines is 2. The normalized spacial score (nSPS) is 11.0. The van der Waals surface area contributed by atoms with Crippen molar-refractivity contribution in [2.75, 3.05) is 35.7 Å². The lowest BCUT2D eigenvalue weighted by Crippen LogP contribution is -3.00. The minimum atomic E-state index is -3.78. The van der Waals surface area contributed by atoms with E-state index in [1.54, 1.807) is 42.6 Å². The van der Waals surface area contributed by atoms with Gasteiger partial charge in [0.25, 0.3) is 5.91 Å². The molecule has 1 aromatic heterocycles. The van der Waals surface area contributed by atoms with E-state index < -0.39 is 16.1 Å². The van der Waals surface area contributed by atoms with Gasteiger partial charge >= 0.3 is 6.09 Å².